The average Bonchev–Trinajstić information content (AvgIpc) is 2.64. The van der Waals surface area contributed by atoms with E-state index in [9.17, 15) is 10.1 Å². The minimum absolute atomic E-state index is 0.0156. The van der Waals surface area contributed by atoms with Gasteiger partial charge in [-0.25, -0.2) is 4.98 Å². The standard InChI is InChI=1S/C18H22N6O/c1-13(2)16-9-17(25)24(12-20-16)11-14-4-7-23(8-5-14)18-15(10-19)3-6-21-22-18/h3,6,9,12-14H,4-5,7-8,11H2,1-2H3. The van der Waals surface area contributed by atoms with Crippen LogP contribution in [0.25, 0.3) is 0 Å². The van der Waals surface area contributed by atoms with E-state index < -0.39 is 0 Å². The average molecular weight is 338 g/mol. The maximum absolute atomic E-state index is 12.2. The summed E-state index contributed by atoms with van der Waals surface area (Å²) in [6.07, 6.45) is 5.09. The molecule has 1 aliphatic rings. The number of nitriles is 1. The Morgan fingerprint density at radius 2 is 2.12 bits per heavy atom. The molecule has 0 unspecified atom stereocenters. The lowest BCUT2D eigenvalue weighted by Crippen LogP contribution is -2.37. The van der Waals surface area contributed by atoms with Gasteiger partial charge in [0, 0.05) is 25.7 Å². The van der Waals surface area contributed by atoms with E-state index in [-0.39, 0.29) is 11.5 Å². The molecule has 0 aromatic carbocycles. The van der Waals surface area contributed by atoms with Gasteiger partial charge in [0.05, 0.1) is 23.8 Å². The van der Waals surface area contributed by atoms with Crippen LogP contribution in [-0.4, -0.2) is 32.8 Å². The summed E-state index contributed by atoms with van der Waals surface area (Å²) < 4.78 is 1.70. The van der Waals surface area contributed by atoms with Crippen LogP contribution in [0.15, 0.2) is 29.5 Å². The molecule has 7 heteroatoms. The van der Waals surface area contributed by atoms with Crippen LogP contribution in [0.2, 0.25) is 0 Å². The third-order valence-electron chi connectivity index (χ3n) is 4.68. The third-order valence-corrected chi connectivity index (χ3v) is 4.68. The molecule has 0 bridgehead atoms. The predicted octanol–water partition coefficient (Wildman–Crippen LogP) is 1.94. The first-order valence-corrected chi connectivity index (χ1v) is 8.61. The van der Waals surface area contributed by atoms with Crippen molar-refractivity contribution in [1.82, 2.24) is 19.7 Å². The van der Waals surface area contributed by atoms with E-state index >= 15 is 0 Å². The highest BCUT2D eigenvalue weighted by Gasteiger charge is 2.23. The molecule has 2 aromatic rings. The Morgan fingerprint density at radius 1 is 1.36 bits per heavy atom. The normalized spacial score (nSPS) is 15.4. The molecular formula is C18H22N6O. The second-order valence-electron chi connectivity index (χ2n) is 6.77. The zero-order valence-corrected chi connectivity index (χ0v) is 14.6. The Balaban J connectivity index is 1.63. The van der Waals surface area contributed by atoms with Gasteiger partial charge >= 0.3 is 0 Å². The molecule has 0 N–H and O–H groups in total. The Bertz CT molecular complexity index is 830. The van der Waals surface area contributed by atoms with Gasteiger partial charge in [0.1, 0.15) is 6.07 Å². The zero-order chi connectivity index (χ0) is 17.8. The van der Waals surface area contributed by atoms with Gasteiger partial charge in [-0.2, -0.15) is 10.4 Å². The highest BCUT2D eigenvalue weighted by Crippen LogP contribution is 2.24. The van der Waals surface area contributed by atoms with Crippen LogP contribution in [-0.2, 0) is 6.54 Å². The van der Waals surface area contributed by atoms with Gasteiger partial charge in [0.15, 0.2) is 5.82 Å². The summed E-state index contributed by atoms with van der Waals surface area (Å²) in [7, 11) is 0. The van der Waals surface area contributed by atoms with Crippen LogP contribution in [0, 0.1) is 17.2 Å². The lowest BCUT2D eigenvalue weighted by Gasteiger charge is -2.33. The molecule has 130 valence electrons. The van der Waals surface area contributed by atoms with Gasteiger partial charge in [0.25, 0.3) is 5.56 Å². The summed E-state index contributed by atoms with van der Waals surface area (Å²) in [5, 5.41) is 17.2. The predicted molar refractivity (Wildman–Crippen MR) is 94.3 cm³/mol. The maximum Gasteiger partial charge on any atom is 0.253 e. The number of hydrogen-bond acceptors (Lipinski definition) is 6. The first-order valence-electron chi connectivity index (χ1n) is 8.61. The number of rotatable bonds is 4. The molecule has 1 fully saturated rings. The molecule has 3 heterocycles. The number of aromatic nitrogens is 4. The van der Waals surface area contributed by atoms with E-state index in [0.29, 0.717) is 23.8 Å². The van der Waals surface area contributed by atoms with Crippen molar-refractivity contribution in [2.75, 3.05) is 18.0 Å². The number of nitrogens with zero attached hydrogens (tertiary/aromatic N) is 6. The van der Waals surface area contributed by atoms with Crippen molar-refractivity contribution < 1.29 is 0 Å². The highest BCUT2D eigenvalue weighted by atomic mass is 16.1. The smallest absolute Gasteiger partial charge is 0.253 e. The summed E-state index contributed by atoms with van der Waals surface area (Å²) in [6, 6.07) is 5.50. The van der Waals surface area contributed by atoms with Crippen LogP contribution >= 0.6 is 0 Å². The van der Waals surface area contributed by atoms with Gasteiger partial charge in [-0.3, -0.25) is 9.36 Å². The maximum atomic E-state index is 12.2. The van der Waals surface area contributed by atoms with Gasteiger partial charge in [-0.15, -0.1) is 5.10 Å². The summed E-state index contributed by atoms with van der Waals surface area (Å²) in [5.74, 6) is 1.33. The zero-order valence-electron chi connectivity index (χ0n) is 14.6. The molecule has 1 aliphatic heterocycles. The van der Waals surface area contributed by atoms with Gasteiger partial charge in [-0.1, -0.05) is 13.8 Å². The van der Waals surface area contributed by atoms with E-state index in [4.69, 9.17) is 0 Å². The monoisotopic (exact) mass is 338 g/mol. The molecule has 0 spiro atoms. The van der Waals surface area contributed by atoms with Crippen LogP contribution in [0.3, 0.4) is 0 Å². The first-order chi connectivity index (χ1) is 12.1. The quantitative estimate of drug-likeness (QED) is 0.846. The van der Waals surface area contributed by atoms with E-state index in [1.54, 1.807) is 23.0 Å². The molecule has 2 aromatic heterocycles. The number of anilines is 1. The first kappa shape index (κ1) is 17.1. The molecule has 7 nitrogen and oxygen atoms in total. The Morgan fingerprint density at radius 3 is 2.76 bits per heavy atom. The molecule has 0 radical (unpaired) electrons. The Kier molecular flexibility index (Phi) is 5.08. The third kappa shape index (κ3) is 3.85. The SMILES string of the molecule is CC(C)c1cc(=O)n(CC2CCN(c3nnccc3C#N)CC2)cn1. The lowest BCUT2D eigenvalue weighted by atomic mass is 9.96. The second-order valence-corrected chi connectivity index (χ2v) is 6.77. The minimum Gasteiger partial charge on any atom is -0.354 e. The minimum atomic E-state index is 0.0156. The molecule has 0 amide bonds. The van der Waals surface area contributed by atoms with Crippen LogP contribution in [0.4, 0.5) is 5.82 Å². The van der Waals surface area contributed by atoms with Crippen molar-refractivity contribution in [2.45, 2.75) is 39.2 Å². The van der Waals surface area contributed by atoms with Crippen molar-refractivity contribution in [3.8, 4) is 6.07 Å². The molecule has 3 rings (SSSR count). The molecule has 0 saturated carbocycles. The Hall–Kier alpha value is -2.75. The van der Waals surface area contributed by atoms with Crippen molar-refractivity contribution >= 4 is 5.82 Å². The lowest BCUT2D eigenvalue weighted by molar-refractivity contribution is 0.349. The second kappa shape index (κ2) is 7.43. The van der Waals surface area contributed by atoms with Crippen LogP contribution in [0.1, 0.15) is 43.9 Å². The van der Waals surface area contributed by atoms with E-state index in [0.717, 1.165) is 31.6 Å². The fourth-order valence-corrected chi connectivity index (χ4v) is 3.14. The summed E-state index contributed by atoms with van der Waals surface area (Å²) in [5.41, 5.74) is 1.41. The molecule has 25 heavy (non-hydrogen) atoms. The van der Waals surface area contributed by atoms with Gasteiger partial charge in [-0.05, 0) is 30.7 Å². The van der Waals surface area contributed by atoms with E-state index in [1.165, 1.54) is 6.20 Å². The summed E-state index contributed by atoms with van der Waals surface area (Å²) in [4.78, 5) is 18.7. The summed E-state index contributed by atoms with van der Waals surface area (Å²) >= 11 is 0. The summed E-state index contributed by atoms with van der Waals surface area (Å²) in [6.45, 7) is 6.37. The number of hydrogen-bond donors (Lipinski definition) is 0. The van der Waals surface area contributed by atoms with Crippen molar-refractivity contribution in [2.24, 2.45) is 5.92 Å². The van der Waals surface area contributed by atoms with Crippen LogP contribution in [0.5, 0.6) is 0 Å². The largest absolute Gasteiger partial charge is 0.354 e. The van der Waals surface area contributed by atoms with E-state index in [1.807, 2.05) is 13.8 Å². The van der Waals surface area contributed by atoms with Crippen molar-refractivity contribution in [1.29, 1.82) is 5.26 Å². The van der Waals surface area contributed by atoms with Crippen molar-refractivity contribution in [3.05, 3.63) is 46.3 Å². The topological polar surface area (TPSA) is 87.7 Å². The Labute approximate surface area is 147 Å². The highest BCUT2D eigenvalue weighted by molar-refractivity contribution is 5.52. The fraction of sp³-hybridized carbons (Fsp3) is 0.500. The van der Waals surface area contributed by atoms with Gasteiger partial charge in [0.2, 0.25) is 0 Å². The molecular weight excluding hydrogens is 316 g/mol. The van der Waals surface area contributed by atoms with E-state index in [2.05, 4.69) is 26.2 Å². The van der Waals surface area contributed by atoms with Gasteiger partial charge < -0.3 is 4.90 Å². The molecule has 1 saturated heterocycles. The van der Waals surface area contributed by atoms with Crippen LogP contribution < -0.4 is 10.5 Å². The molecule has 0 aliphatic carbocycles. The molecule has 0 atom stereocenters. The van der Waals surface area contributed by atoms with Crippen molar-refractivity contribution in [3.63, 3.8) is 0 Å². The number of piperidine rings is 1. The fourth-order valence-electron chi connectivity index (χ4n) is 3.14.